The van der Waals surface area contributed by atoms with Gasteiger partial charge in [-0.1, -0.05) is 85.8 Å². The maximum atomic E-state index is 2.46. The van der Waals surface area contributed by atoms with Gasteiger partial charge in [-0.25, -0.2) is 0 Å². The summed E-state index contributed by atoms with van der Waals surface area (Å²) >= 11 is 0. The number of nitrogens with zero attached hydrogens (tertiary/aromatic N) is 1. The first-order valence-electron chi connectivity index (χ1n) is 10.3. The van der Waals surface area contributed by atoms with Crippen LogP contribution in [0.3, 0.4) is 0 Å². The summed E-state index contributed by atoms with van der Waals surface area (Å²) in [6.07, 6.45) is 10.1. The second-order valence-corrected chi connectivity index (χ2v) is 8.09. The van der Waals surface area contributed by atoms with Crippen molar-refractivity contribution in [3.63, 3.8) is 0 Å². The van der Waals surface area contributed by atoms with Crippen LogP contribution in [0, 0.1) is 12.8 Å². The zero-order chi connectivity index (χ0) is 19.8. The summed E-state index contributed by atoms with van der Waals surface area (Å²) in [6.45, 7) is 4.47. The molecule has 0 amide bonds. The van der Waals surface area contributed by atoms with Gasteiger partial charge in [0.2, 0.25) is 0 Å². The summed E-state index contributed by atoms with van der Waals surface area (Å²) < 4.78 is 2.46. The molecule has 1 aromatic heterocycles. The third kappa shape index (κ3) is 3.34. The van der Waals surface area contributed by atoms with Gasteiger partial charge in [0, 0.05) is 22.3 Å². The lowest BCUT2D eigenvalue weighted by atomic mass is 9.94. The van der Waals surface area contributed by atoms with E-state index in [1.165, 1.54) is 44.5 Å². The minimum Gasteiger partial charge on any atom is -0.313 e. The smallest absolute Gasteiger partial charge is 0.0540 e. The minimum atomic E-state index is 0.569. The van der Waals surface area contributed by atoms with Crippen LogP contribution in [-0.2, 0) is 6.42 Å². The van der Waals surface area contributed by atoms with Gasteiger partial charge < -0.3 is 4.57 Å². The molecule has 1 heteroatoms. The van der Waals surface area contributed by atoms with E-state index in [0.29, 0.717) is 5.92 Å². The quantitative estimate of drug-likeness (QED) is 0.331. The molecule has 1 nitrogen and oxygen atoms in total. The molecular weight excluding hydrogens is 350 g/mol. The standard InChI is InChI=1S/C28H25N/c1-20-8-16-25-26-17-9-21(2)19-28(26)29(27(25)18-20)24-14-12-23(13-15-24)11-10-22-6-4-3-5-7-22/h3-18,21H,19H2,1-2H3/b11-10+. The third-order valence-corrected chi connectivity index (χ3v) is 5.79. The Kier molecular flexibility index (Phi) is 4.44. The van der Waals surface area contributed by atoms with E-state index in [9.17, 15) is 0 Å². The van der Waals surface area contributed by atoms with Crippen LogP contribution in [0.2, 0.25) is 0 Å². The number of hydrogen-bond acceptors (Lipinski definition) is 0. The van der Waals surface area contributed by atoms with Gasteiger partial charge in [0.15, 0.2) is 0 Å². The molecule has 1 heterocycles. The lowest BCUT2D eigenvalue weighted by Gasteiger charge is -2.17. The molecule has 0 aliphatic heterocycles. The van der Waals surface area contributed by atoms with Gasteiger partial charge in [0.1, 0.15) is 0 Å². The van der Waals surface area contributed by atoms with Crippen molar-refractivity contribution in [2.24, 2.45) is 5.92 Å². The van der Waals surface area contributed by atoms with Crippen LogP contribution in [0.15, 0.2) is 78.9 Å². The van der Waals surface area contributed by atoms with Crippen molar-refractivity contribution in [3.8, 4) is 5.69 Å². The molecular formula is C28H25N. The molecule has 0 spiro atoms. The van der Waals surface area contributed by atoms with Crippen LogP contribution in [0.25, 0.3) is 34.8 Å². The van der Waals surface area contributed by atoms with Gasteiger partial charge in [0.05, 0.1) is 5.52 Å². The average Bonchev–Trinajstić information content (AvgIpc) is 3.05. The van der Waals surface area contributed by atoms with Crippen molar-refractivity contribution in [2.75, 3.05) is 0 Å². The molecule has 29 heavy (non-hydrogen) atoms. The van der Waals surface area contributed by atoms with E-state index in [-0.39, 0.29) is 0 Å². The molecule has 0 fully saturated rings. The number of benzene rings is 3. The fraction of sp³-hybridized carbons (Fsp3) is 0.143. The lowest BCUT2D eigenvalue weighted by molar-refractivity contribution is 0.690. The SMILES string of the molecule is Cc1ccc2c3c(n(-c4ccc(/C=C/c5ccccc5)cc4)c2c1)CC(C)C=C3. The lowest BCUT2D eigenvalue weighted by Crippen LogP contribution is -2.08. The number of aryl methyl sites for hydroxylation is 1. The van der Waals surface area contributed by atoms with Gasteiger partial charge >= 0.3 is 0 Å². The number of hydrogen-bond donors (Lipinski definition) is 0. The van der Waals surface area contributed by atoms with Gasteiger partial charge in [-0.2, -0.15) is 0 Å². The summed E-state index contributed by atoms with van der Waals surface area (Å²) in [5.74, 6) is 0.569. The summed E-state index contributed by atoms with van der Waals surface area (Å²) in [5, 5.41) is 1.35. The molecule has 1 unspecified atom stereocenters. The topological polar surface area (TPSA) is 4.93 Å². The van der Waals surface area contributed by atoms with Gasteiger partial charge in [0.25, 0.3) is 0 Å². The van der Waals surface area contributed by atoms with Crippen LogP contribution in [-0.4, -0.2) is 4.57 Å². The molecule has 0 N–H and O–H groups in total. The molecule has 0 radical (unpaired) electrons. The first-order valence-corrected chi connectivity index (χ1v) is 10.3. The van der Waals surface area contributed by atoms with Crippen molar-refractivity contribution in [1.29, 1.82) is 0 Å². The van der Waals surface area contributed by atoms with Gasteiger partial charge in [-0.05, 0) is 54.2 Å². The number of aromatic nitrogens is 1. The van der Waals surface area contributed by atoms with E-state index in [2.05, 4.69) is 109 Å². The Labute approximate surface area is 172 Å². The Morgan fingerprint density at radius 1 is 0.862 bits per heavy atom. The fourth-order valence-electron chi connectivity index (χ4n) is 4.28. The van der Waals surface area contributed by atoms with E-state index in [1.807, 2.05) is 6.07 Å². The van der Waals surface area contributed by atoms with Crippen molar-refractivity contribution in [1.82, 2.24) is 4.57 Å². The monoisotopic (exact) mass is 375 g/mol. The summed E-state index contributed by atoms with van der Waals surface area (Å²) in [6, 6.07) is 26.2. The summed E-state index contributed by atoms with van der Waals surface area (Å²) in [7, 11) is 0. The van der Waals surface area contributed by atoms with E-state index in [4.69, 9.17) is 0 Å². The molecule has 142 valence electrons. The molecule has 5 rings (SSSR count). The summed E-state index contributed by atoms with van der Waals surface area (Å²) in [4.78, 5) is 0. The predicted octanol–water partition coefficient (Wildman–Crippen LogP) is 7.31. The third-order valence-electron chi connectivity index (χ3n) is 5.79. The van der Waals surface area contributed by atoms with Crippen LogP contribution >= 0.6 is 0 Å². The van der Waals surface area contributed by atoms with Gasteiger partial charge in [-0.3, -0.25) is 0 Å². The highest BCUT2D eigenvalue weighted by molar-refractivity contribution is 5.93. The van der Waals surface area contributed by atoms with E-state index >= 15 is 0 Å². The number of fused-ring (bicyclic) bond motifs is 3. The normalized spacial score (nSPS) is 15.9. The van der Waals surface area contributed by atoms with Crippen LogP contribution in [0.5, 0.6) is 0 Å². The first kappa shape index (κ1) is 17.8. The highest BCUT2D eigenvalue weighted by Crippen LogP contribution is 2.35. The Morgan fingerprint density at radius 2 is 1.59 bits per heavy atom. The fourth-order valence-corrected chi connectivity index (χ4v) is 4.28. The largest absolute Gasteiger partial charge is 0.313 e. The molecule has 1 aliphatic rings. The average molecular weight is 376 g/mol. The van der Waals surface area contributed by atoms with Crippen molar-refractivity contribution in [2.45, 2.75) is 20.3 Å². The number of allylic oxidation sites excluding steroid dienone is 1. The van der Waals surface area contributed by atoms with Crippen LogP contribution in [0.1, 0.15) is 34.9 Å². The zero-order valence-corrected chi connectivity index (χ0v) is 17.0. The minimum absolute atomic E-state index is 0.569. The first-order chi connectivity index (χ1) is 14.2. The Bertz CT molecular complexity index is 1220. The van der Waals surface area contributed by atoms with Crippen LogP contribution < -0.4 is 0 Å². The van der Waals surface area contributed by atoms with Crippen molar-refractivity contribution >= 4 is 29.1 Å². The molecule has 1 aliphatic carbocycles. The van der Waals surface area contributed by atoms with E-state index in [0.717, 1.165) is 6.42 Å². The predicted molar refractivity (Wildman–Crippen MR) is 125 cm³/mol. The molecule has 1 atom stereocenters. The Morgan fingerprint density at radius 3 is 2.34 bits per heavy atom. The van der Waals surface area contributed by atoms with Crippen molar-refractivity contribution in [3.05, 3.63) is 107 Å². The highest BCUT2D eigenvalue weighted by atomic mass is 15.0. The maximum absolute atomic E-state index is 2.46. The zero-order valence-electron chi connectivity index (χ0n) is 17.0. The highest BCUT2D eigenvalue weighted by Gasteiger charge is 2.20. The second kappa shape index (κ2) is 7.25. The number of rotatable bonds is 3. The van der Waals surface area contributed by atoms with Crippen LogP contribution in [0.4, 0.5) is 0 Å². The Hall–Kier alpha value is -3.32. The maximum Gasteiger partial charge on any atom is 0.0540 e. The van der Waals surface area contributed by atoms with E-state index in [1.54, 1.807) is 0 Å². The second-order valence-electron chi connectivity index (χ2n) is 8.09. The molecule has 0 saturated carbocycles. The molecule has 3 aromatic carbocycles. The Balaban J connectivity index is 1.57. The van der Waals surface area contributed by atoms with Gasteiger partial charge in [-0.15, -0.1) is 0 Å². The molecule has 4 aromatic rings. The molecule has 0 saturated heterocycles. The van der Waals surface area contributed by atoms with E-state index < -0.39 is 0 Å². The van der Waals surface area contributed by atoms with Crippen molar-refractivity contribution < 1.29 is 0 Å². The summed E-state index contributed by atoms with van der Waals surface area (Å²) in [5.41, 5.74) is 9.08. The molecule has 0 bridgehead atoms.